The second-order valence-electron chi connectivity index (χ2n) is 10.0. The summed E-state index contributed by atoms with van der Waals surface area (Å²) in [6, 6.07) is 23.0. The van der Waals surface area contributed by atoms with Gasteiger partial charge in [-0.1, -0.05) is 67.3 Å². The highest BCUT2D eigenvalue weighted by atomic mass is 28.3. The van der Waals surface area contributed by atoms with E-state index in [-0.39, 0.29) is 0 Å². The number of nitrogens with zero attached hydrogens (tertiary/aromatic N) is 1. The third kappa shape index (κ3) is 3.85. The van der Waals surface area contributed by atoms with Crippen molar-refractivity contribution in [2.45, 2.75) is 47.3 Å². The van der Waals surface area contributed by atoms with E-state index in [0.717, 1.165) is 0 Å². The molecule has 3 aromatic carbocycles. The number of aromatic nitrogens is 1. The molecule has 1 aromatic heterocycles. The minimum atomic E-state index is -1.35. The monoisotopic (exact) mass is 424 g/mol. The second kappa shape index (κ2) is 7.76. The van der Waals surface area contributed by atoms with Crippen molar-refractivity contribution in [3.8, 4) is 22.4 Å². The fourth-order valence-electron chi connectivity index (χ4n) is 4.72. The molecule has 0 aliphatic carbocycles. The first kappa shape index (κ1) is 21.5. The van der Waals surface area contributed by atoms with Crippen LogP contribution in [0.5, 0.6) is 0 Å². The summed E-state index contributed by atoms with van der Waals surface area (Å²) >= 11 is 0. The summed E-state index contributed by atoms with van der Waals surface area (Å²) in [5.41, 5.74) is 10.5. The van der Waals surface area contributed by atoms with Crippen LogP contribution in [0, 0.1) is 27.7 Å². The van der Waals surface area contributed by atoms with Crippen LogP contribution in [-0.4, -0.2) is 8.07 Å². The molecule has 0 atom stereocenters. The molecule has 0 aliphatic heterocycles. The number of aryl methyl sites for hydroxylation is 4. The van der Waals surface area contributed by atoms with Crippen LogP contribution in [0.25, 0.3) is 33.2 Å². The van der Waals surface area contributed by atoms with Gasteiger partial charge in [0.15, 0.2) is 5.69 Å². The number of rotatable bonds is 3. The van der Waals surface area contributed by atoms with E-state index in [1.54, 1.807) is 0 Å². The number of pyridine rings is 1. The van der Waals surface area contributed by atoms with Crippen LogP contribution < -0.4 is 9.75 Å². The van der Waals surface area contributed by atoms with E-state index in [1.807, 2.05) is 0 Å². The summed E-state index contributed by atoms with van der Waals surface area (Å²) < 4.78 is 2.34. The van der Waals surface area contributed by atoms with E-state index in [0.29, 0.717) is 0 Å². The zero-order valence-corrected chi connectivity index (χ0v) is 21.2. The van der Waals surface area contributed by atoms with Crippen LogP contribution in [0.1, 0.15) is 22.4 Å². The van der Waals surface area contributed by atoms with Crippen molar-refractivity contribution in [1.82, 2.24) is 0 Å². The molecule has 0 unspecified atom stereocenters. The first-order chi connectivity index (χ1) is 14.6. The molecule has 2 heteroatoms. The Balaban J connectivity index is 1.94. The zero-order chi connectivity index (χ0) is 22.5. The van der Waals surface area contributed by atoms with Gasteiger partial charge in [-0.2, -0.15) is 4.57 Å². The second-order valence-corrected chi connectivity index (χ2v) is 15.1. The third-order valence-corrected chi connectivity index (χ3v) is 8.70. The highest BCUT2D eigenvalue weighted by Gasteiger charge is 2.23. The Bertz CT molecular complexity index is 1290. The van der Waals surface area contributed by atoms with Crippen molar-refractivity contribution in [2.75, 3.05) is 0 Å². The maximum absolute atomic E-state index is 2.43. The van der Waals surface area contributed by atoms with Crippen molar-refractivity contribution in [2.24, 2.45) is 7.05 Å². The molecule has 4 aromatic rings. The average Bonchev–Trinajstić information content (AvgIpc) is 2.69. The SMILES string of the molecule is Cc1cc(-c2c(C)cccc2C)ccc1-c1c2ccc([Si](C)(C)C)cc2cc(C)[n+]1C. The van der Waals surface area contributed by atoms with Gasteiger partial charge in [-0.05, 0) is 66.1 Å². The number of hydrogen-bond donors (Lipinski definition) is 0. The number of benzene rings is 3. The molecule has 0 amide bonds. The van der Waals surface area contributed by atoms with Crippen molar-refractivity contribution < 1.29 is 4.57 Å². The van der Waals surface area contributed by atoms with E-state index >= 15 is 0 Å². The lowest BCUT2D eigenvalue weighted by Crippen LogP contribution is -2.38. The fourth-order valence-corrected chi connectivity index (χ4v) is 5.90. The van der Waals surface area contributed by atoms with Crippen LogP contribution >= 0.6 is 0 Å². The Kier molecular flexibility index (Phi) is 5.39. The van der Waals surface area contributed by atoms with E-state index in [2.05, 4.69) is 120 Å². The first-order valence-electron chi connectivity index (χ1n) is 11.2. The van der Waals surface area contributed by atoms with Crippen LogP contribution in [0.2, 0.25) is 19.6 Å². The van der Waals surface area contributed by atoms with Gasteiger partial charge in [-0.3, -0.25) is 0 Å². The van der Waals surface area contributed by atoms with E-state index in [1.165, 1.54) is 60.7 Å². The highest BCUT2D eigenvalue weighted by molar-refractivity contribution is 6.88. The Morgan fingerprint density at radius 1 is 0.710 bits per heavy atom. The lowest BCUT2D eigenvalue weighted by Gasteiger charge is -2.18. The van der Waals surface area contributed by atoms with Gasteiger partial charge in [-0.15, -0.1) is 0 Å². The van der Waals surface area contributed by atoms with Crippen LogP contribution in [0.15, 0.2) is 60.7 Å². The lowest BCUT2D eigenvalue weighted by atomic mass is 9.91. The molecule has 0 radical (unpaired) electrons. The number of hydrogen-bond acceptors (Lipinski definition) is 0. The van der Waals surface area contributed by atoms with Gasteiger partial charge in [-0.25, -0.2) is 0 Å². The van der Waals surface area contributed by atoms with Crippen LogP contribution in [0.3, 0.4) is 0 Å². The fraction of sp³-hybridized carbons (Fsp3) is 0.276. The summed E-state index contributed by atoms with van der Waals surface area (Å²) in [6.07, 6.45) is 0. The quantitative estimate of drug-likeness (QED) is 0.252. The van der Waals surface area contributed by atoms with Gasteiger partial charge in [0.25, 0.3) is 0 Å². The minimum Gasteiger partial charge on any atom is -0.198 e. The predicted octanol–water partition coefficient (Wildman–Crippen LogP) is 6.78. The Morgan fingerprint density at radius 2 is 1.39 bits per heavy atom. The first-order valence-corrected chi connectivity index (χ1v) is 14.7. The molecular formula is C29H34NSi+. The third-order valence-electron chi connectivity index (χ3n) is 6.65. The molecular weight excluding hydrogens is 390 g/mol. The summed E-state index contributed by atoms with van der Waals surface area (Å²) in [4.78, 5) is 0. The largest absolute Gasteiger partial charge is 0.220 e. The molecule has 0 saturated heterocycles. The lowest BCUT2D eigenvalue weighted by molar-refractivity contribution is -0.665. The molecule has 4 rings (SSSR count). The predicted molar refractivity (Wildman–Crippen MR) is 138 cm³/mol. The summed E-state index contributed by atoms with van der Waals surface area (Å²) in [7, 11) is 0.838. The van der Waals surface area contributed by atoms with Crippen molar-refractivity contribution in [1.29, 1.82) is 0 Å². The Hall–Kier alpha value is -2.71. The van der Waals surface area contributed by atoms with Gasteiger partial charge < -0.3 is 0 Å². The van der Waals surface area contributed by atoms with Crippen molar-refractivity contribution >= 4 is 24.0 Å². The summed E-state index contributed by atoms with van der Waals surface area (Å²) in [5.74, 6) is 0. The van der Waals surface area contributed by atoms with Gasteiger partial charge in [0.05, 0.1) is 13.5 Å². The Morgan fingerprint density at radius 3 is 2.00 bits per heavy atom. The van der Waals surface area contributed by atoms with E-state index in [4.69, 9.17) is 0 Å². The molecule has 1 nitrogen and oxygen atoms in total. The molecule has 0 bridgehead atoms. The Labute approximate surface area is 188 Å². The molecule has 0 N–H and O–H groups in total. The van der Waals surface area contributed by atoms with Gasteiger partial charge in [0, 0.05) is 18.6 Å². The average molecular weight is 425 g/mol. The van der Waals surface area contributed by atoms with E-state index in [9.17, 15) is 0 Å². The zero-order valence-electron chi connectivity index (χ0n) is 20.2. The smallest absolute Gasteiger partial charge is 0.198 e. The van der Waals surface area contributed by atoms with Crippen LogP contribution in [-0.2, 0) is 7.05 Å². The topological polar surface area (TPSA) is 3.88 Å². The van der Waals surface area contributed by atoms with Gasteiger partial charge >= 0.3 is 0 Å². The number of fused-ring (bicyclic) bond motifs is 1. The maximum Gasteiger partial charge on any atom is 0.220 e. The van der Waals surface area contributed by atoms with Crippen molar-refractivity contribution in [3.63, 3.8) is 0 Å². The van der Waals surface area contributed by atoms with Crippen molar-refractivity contribution in [3.05, 3.63) is 83.0 Å². The normalized spacial score (nSPS) is 11.9. The molecule has 31 heavy (non-hydrogen) atoms. The minimum absolute atomic E-state index is 1.29. The summed E-state index contributed by atoms with van der Waals surface area (Å²) in [6.45, 7) is 16.1. The standard InChI is InChI=1S/C29H34NSi/c1-19-10-9-11-20(2)28(19)23-12-14-26(21(3)16-23)29-27-15-13-25(31(6,7)8)18-24(27)17-22(4)30(29)5/h9-18H,1-8H3/q+1. The van der Waals surface area contributed by atoms with E-state index < -0.39 is 8.07 Å². The van der Waals surface area contributed by atoms with Crippen LogP contribution in [0.4, 0.5) is 0 Å². The van der Waals surface area contributed by atoms with Gasteiger partial charge in [0.2, 0.25) is 5.69 Å². The molecule has 0 aliphatic rings. The molecule has 0 fully saturated rings. The molecule has 0 spiro atoms. The molecule has 0 saturated carbocycles. The molecule has 1 heterocycles. The maximum atomic E-state index is 2.43. The summed E-state index contributed by atoms with van der Waals surface area (Å²) in [5, 5.41) is 4.20. The highest BCUT2D eigenvalue weighted by Crippen LogP contribution is 2.33. The molecule has 158 valence electrons. The van der Waals surface area contributed by atoms with Gasteiger partial charge in [0.1, 0.15) is 7.05 Å².